The van der Waals surface area contributed by atoms with Crippen molar-refractivity contribution in [2.45, 2.75) is 20.8 Å². The third-order valence-electron chi connectivity index (χ3n) is 3.89. The van der Waals surface area contributed by atoms with Gasteiger partial charge in [0, 0.05) is 17.5 Å². The number of ketones is 1. The number of ether oxygens (including phenoxy) is 3. The number of benzene rings is 1. The molecule has 0 spiro atoms. The van der Waals surface area contributed by atoms with Gasteiger partial charge in [-0.15, -0.1) is 0 Å². The van der Waals surface area contributed by atoms with Crippen molar-refractivity contribution in [3.63, 3.8) is 0 Å². The number of phenolic OH excluding ortho intramolecular Hbond substituents is 1. The van der Waals surface area contributed by atoms with Gasteiger partial charge in [0.15, 0.2) is 6.61 Å². The number of Topliss-reactive ketones (excluding diaryl/α,β-unsaturated/α-hetero) is 1. The third kappa shape index (κ3) is 4.28. The molecular weight excluding hydrogens is 354 g/mol. The van der Waals surface area contributed by atoms with E-state index < -0.39 is 24.3 Å². The molecule has 2 rings (SSSR count). The average molecular weight is 375 g/mol. The van der Waals surface area contributed by atoms with Crippen LogP contribution in [0.3, 0.4) is 0 Å². The molecule has 0 atom stereocenters. The van der Waals surface area contributed by atoms with E-state index in [9.17, 15) is 19.5 Å². The quantitative estimate of drug-likeness (QED) is 0.564. The van der Waals surface area contributed by atoms with Crippen LogP contribution < -0.4 is 4.74 Å². The largest absolute Gasteiger partial charge is 0.507 e. The number of hydrogen-bond acceptors (Lipinski definition) is 7. The molecule has 8 heteroatoms. The highest BCUT2D eigenvalue weighted by Gasteiger charge is 2.26. The maximum Gasteiger partial charge on any atom is 0.342 e. The molecule has 0 bridgehead atoms. The molecule has 0 fully saturated rings. The Balaban J connectivity index is 2.17. The lowest BCUT2D eigenvalue weighted by molar-refractivity contribution is 0.0469. The number of aromatic hydroxyl groups is 1. The van der Waals surface area contributed by atoms with Crippen LogP contribution in [0.2, 0.25) is 0 Å². The van der Waals surface area contributed by atoms with E-state index in [1.54, 1.807) is 20.8 Å². The Morgan fingerprint density at radius 2 is 1.70 bits per heavy atom. The molecule has 0 saturated carbocycles. The molecular formula is C19H21NO7. The average Bonchev–Trinajstić information content (AvgIpc) is 2.93. The molecule has 8 nitrogen and oxygen atoms in total. The Labute approximate surface area is 156 Å². The summed E-state index contributed by atoms with van der Waals surface area (Å²) >= 11 is 0. The lowest BCUT2D eigenvalue weighted by atomic mass is 10.1. The highest BCUT2D eigenvalue weighted by Crippen LogP contribution is 2.24. The first-order valence-electron chi connectivity index (χ1n) is 8.23. The van der Waals surface area contributed by atoms with Gasteiger partial charge in [-0.1, -0.05) is 0 Å². The van der Waals surface area contributed by atoms with Gasteiger partial charge in [-0.2, -0.15) is 0 Å². The van der Waals surface area contributed by atoms with Crippen molar-refractivity contribution in [2.24, 2.45) is 0 Å². The summed E-state index contributed by atoms with van der Waals surface area (Å²) in [6.07, 6.45) is 0. The fraction of sp³-hybridized carbons (Fsp3) is 0.316. The van der Waals surface area contributed by atoms with Crippen molar-refractivity contribution in [2.75, 3.05) is 20.3 Å². The maximum atomic E-state index is 12.5. The summed E-state index contributed by atoms with van der Waals surface area (Å²) in [6.45, 7) is 4.53. The van der Waals surface area contributed by atoms with Gasteiger partial charge >= 0.3 is 11.9 Å². The smallest absolute Gasteiger partial charge is 0.342 e. The van der Waals surface area contributed by atoms with Gasteiger partial charge in [-0.05, 0) is 32.9 Å². The van der Waals surface area contributed by atoms with E-state index in [2.05, 4.69) is 4.98 Å². The SMILES string of the molecule is CCOC(=O)c1c(C)[nH]c(C)c1C(=O)COC(=O)c1ccc(OC)cc1O. The summed E-state index contributed by atoms with van der Waals surface area (Å²) in [4.78, 5) is 39.7. The van der Waals surface area contributed by atoms with Crippen LogP contribution in [-0.2, 0) is 9.47 Å². The van der Waals surface area contributed by atoms with E-state index in [4.69, 9.17) is 14.2 Å². The Bertz CT molecular complexity index is 882. The van der Waals surface area contributed by atoms with Crippen molar-refractivity contribution in [1.82, 2.24) is 4.98 Å². The summed E-state index contributed by atoms with van der Waals surface area (Å²) in [5, 5.41) is 9.87. The number of rotatable bonds is 7. The number of hydrogen-bond donors (Lipinski definition) is 2. The third-order valence-corrected chi connectivity index (χ3v) is 3.89. The van der Waals surface area contributed by atoms with Crippen LogP contribution >= 0.6 is 0 Å². The molecule has 1 aromatic carbocycles. The van der Waals surface area contributed by atoms with E-state index in [0.717, 1.165) is 0 Å². The number of phenols is 1. The van der Waals surface area contributed by atoms with Gasteiger partial charge in [-0.25, -0.2) is 9.59 Å². The number of methoxy groups -OCH3 is 1. The zero-order valence-electron chi connectivity index (χ0n) is 15.5. The summed E-state index contributed by atoms with van der Waals surface area (Å²) in [5.74, 6) is -2.00. The molecule has 2 aromatic rings. The predicted molar refractivity (Wildman–Crippen MR) is 95.5 cm³/mol. The van der Waals surface area contributed by atoms with Gasteiger partial charge in [-0.3, -0.25) is 4.79 Å². The van der Waals surface area contributed by atoms with E-state index in [0.29, 0.717) is 17.1 Å². The molecule has 27 heavy (non-hydrogen) atoms. The van der Waals surface area contributed by atoms with Crippen LogP contribution in [-0.4, -0.2) is 48.1 Å². The van der Waals surface area contributed by atoms with Crippen LogP contribution in [0, 0.1) is 13.8 Å². The predicted octanol–water partition coefficient (Wildman–Crippen LogP) is 2.56. The van der Waals surface area contributed by atoms with E-state index >= 15 is 0 Å². The summed E-state index contributed by atoms with van der Waals surface area (Å²) < 4.78 is 14.9. The topological polar surface area (TPSA) is 115 Å². The Kier molecular flexibility index (Phi) is 6.23. The molecule has 0 aliphatic heterocycles. The minimum Gasteiger partial charge on any atom is -0.507 e. The fourth-order valence-corrected chi connectivity index (χ4v) is 2.68. The number of aromatic amines is 1. The highest BCUT2D eigenvalue weighted by molar-refractivity contribution is 6.09. The fourth-order valence-electron chi connectivity index (χ4n) is 2.68. The first kappa shape index (κ1) is 20.0. The van der Waals surface area contributed by atoms with Crippen LogP contribution in [0.15, 0.2) is 18.2 Å². The Morgan fingerprint density at radius 3 is 2.30 bits per heavy atom. The molecule has 2 N–H and O–H groups in total. The second-order valence-electron chi connectivity index (χ2n) is 5.73. The lowest BCUT2D eigenvalue weighted by Crippen LogP contribution is -2.18. The molecule has 0 saturated heterocycles. The second-order valence-corrected chi connectivity index (χ2v) is 5.73. The Morgan fingerprint density at radius 1 is 1.04 bits per heavy atom. The van der Waals surface area contributed by atoms with Crippen LogP contribution in [0.5, 0.6) is 11.5 Å². The van der Waals surface area contributed by atoms with Gasteiger partial charge in [0.25, 0.3) is 0 Å². The zero-order valence-corrected chi connectivity index (χ0v) is 15.5. The standard InChI is InChI=1S/C19H21NO7/c1-5-26-19(24)17-11(3)20-10(2)16(17)15(22)9-27-18(23)13-7-6-12(25-4)8-14(13)21/h6-8,20-21H,5,9H2,1-4H3. The first-order chi connectivity index (χ1) is 12.8. The highest BCUT2D eigenvalue weighted by atomic mass is 16.5. The number of nitrogens with one attached hydrogen (secondary N) is 1. The molecule has 0 aliphatic carbocycles. The van der Waals surface area contributed by atoms with Gasteiger partial charge in [0.2, 0.25) is 5.78 Å². The van der Waals surface area contributed by atoms with Gasteiger partial charge < -0.3 is 24.3 Å². The summed E-state index contributed by atoms with van der Waals surface area (Å²) in [5.41, 5.74) is 1.12. The van der Waals surface area contributed by atoms with Crippen molar-refractivity contribution in [3.8, 4) is 11.5 Å². The van der Waals surface area contributed by atoms with Crippen molar-refractivity contribution < 1.29 is 33.7 Å². The molecule has 0 aliphatic rings. The van der Waals surface area contributed by atoms with E-state index in [1.165, 1.54) is 25.3 Å². The molecule has 0 amide bonds. The molecule has 144 valence electrons. The molecule has 0 unspecified atom stereocenters. The number of aromatic nitrogens is 1. The molecule has 1 aromatic heterocycles. The van der Waals surface area contributed by atoms with Crippen molar-refractivity contribution >= 4 is 17.7 Å². The van der Waals surface area contributed by atoms with Crippen LogP contribution in [0.1, 0.15) is 49.4 Å². The lowest BCUT2D eigenvalue weighted by Gasteiger charge is -2.08. The van der Waals surface area contributed by atoms with Crippen LogP contribution in [0.25, 0.3) is 0 Å². The number of carbonyl (C=O) groups excluding carboxylic acids is 3. The molecule has 1 heterocycles. The number of aryl methyl sites for hydroxylation is 2. The summed E-state index contributed by atoms with van der Waals surface area (Å²) in [7, 11) is 1.42. The number of esters is 2. The monoisotopic (exact) mass is 375 g/mol. The number of carbonyl (C=O) groups is 3. The molecule has 0 radical (unpaired) electrons. The summed E-state index contributed by atoms with van der Waals surface area (Å²) in [6, 6.07) is 4.07. The van der Waals surface area contributed by atoms with E-state index in [1.807, 2.05) is 0 Å². The van der Waals surface area contributed by atoms with Crippen molar-refractivity contribution in [3.05, 3.63) is 46.3 Å². The van der Waals surface area contributed by atoms with Gasteiger partial charge in [0.1, 0.15) is 17.1 Å². The Hall–Kier alpha value is -3.29. The second kappa shape index (κ2) is 8.39. The van der Waals surface area contributed by atoms with Crippen molar-refractivity contribution in [1.29, 1.82) is 0 Å². The first-order valence-corrected chi connectivity index (χ1v) is 8.23. The zero-order chi connectivity index (χ0) is 20.1. The van der Waals surface area contributed by atoms with Crippen LogP contribution in [0.4, 0.5) is 0 Å². The number of H-pyrrole nitrogens is 1. The van der Waals surface area contributed by atoms with Gasteiger partial charge in [0.05, 0.1) is 24.8 Å². The minimum absolute atomic E-state index is 0.101. The minimum atomic E-state index is -0.869. The van der Waals surface area contributed by atoms with E-state index in [-0.39, 0.29) is 29.0 Å². The maximum absolute atomic E-state index is 12.5. The normalized spacial score (nSPS) is 10.4.